The Morgan fingerprint density at radius 3 is 2.54 bits per heavy atom. The molecule has 1 atom stereocenters. The highest BCUT2D eigenvalue weighted by Crippen LogP contribution is 2.14. The van der Waals surface area contributed by atoms with E-state index in [-0.39, 0.29) is 13.0 Å². The maximum Gasteiger partial charge on any atom is 0.323 e. The van der Waals surface area contributed by atoms with Gasteiger partial charge in [0, 0.05) is 6.61 Å². The molecular formula is C9H19NO3. The first kappa shape index (κ1) is 12.4. The van der Waals surface area contributed by atoms with Crippen molar-refractivity contribution in [2.45, 2.75) is 45.3 Å². The van der Waals surface area contributed by atoms with Crippen LogP contribution in [0.1, 0.15) is 33.6 Å². The third kappa shape index (κ3) is 4.85. The van der Waals surface area contributed by atoms with E-state index in [1.807, 2.05) is 20.8 Å². The summed E-state index contributed by atoms with van der Waals surface area (Å²) in [6.07, 6.45) is 0.989. The summed E-state index contributed by atoms with van der Waals surface area (Å²) in [6.45, 7) is 5.50. The molecule has 0 aliphatic heterocycles. The lowest BCUT2D eigenvalue weighted by molar-refractivity contribution is -0.158. The Bertz CT molecular complexity index is 168. The highest BCUT2D eigenvalue weighted by Gasteiger charge is 2.23. The molecule has 0 aromatic carbocycles. The molecule has 0 amide bonds. The number of esters is 1. The van der Waals surface area contributed by atoms with E-state index in [1.165, 1.54) is 0 Å². The van der Waals surface area contributed by atoms with Crippen LogP contribution in [-0.4, -0.2) is 29.3 Å². The summed E-state index contributed by atoms with van der Waals surface area (Å²) in [6, 6.07) is -0.712. The van der Waals surface area contributed by atoms with E-state index in [1.54, 1.807) is 0 Å². The molecule has 0 rings (SSSR count). The predicted octanol–water partition coefficient (Wildman–Crippen LogP) is 0.428. The molecule has 4 heteroatoms. The van der Waals surface area contributed by atoms with Gasteiger partial charge in [-0.05, 0) is 26.7 Å². The Balaban J connectivity index is 3.99. The summed E-state index contributed by atoms with van der Waals surface area (Å²) in [5, 5.41) is 8.55. The number of aliphatic hydroxyl groups is 1. The van der Waals surface area contributed by atoms with Crippen LogP contribution >= 0.6 is 0 Å². The molecule has 0 saturated heterocycles. The number of carbonyl (C=O) groups excluding carboxylic acids is 1. The first-order chi connectivity index (χ1) is 5.93. The fraction of sp³-hybridized carbons (Fsp3) is 0.889. The first-order valence-electron chi connectivity index (χ1n) is 4.52. The number of hydrogen-bond acceptors (Lipinski definition) is 4. The maximum atomic E-state index is 11.2. The summed E-state index contributed by atoms with van der Waals surface area (Å²) in [5.74, 6) is -0.444. The molecule has 0 unspecified atom stereocenters. The van der Waals surface area contributed by atoms with E-state index in [9.17, 15) is 4.79 Å². The Morgan fingerprint density at radius 1 is 1.62 bits per heavy atom. The predicted molar refractivity (Wildman–Crippen MR) is 50.1 cm³/mol. The number of ether oxygens (including phenoxy) is 1. The molecule has 0 bridgehead atoms. The van der Waals surface area contributed by atoms with Crippen LogP contribution in [0.25, 0.3) is 0 Å². The lowest BCUT2D eigenvalue weighted by Crippen LogP contribution is -2.38. The lowest BCUT2D eigenvalue weighted by atomic mass is 10.1. The average Bonchev–Trinajstić information content (AvgIpc) is 2.04. The molecule has 0 aromatic heterocycles. The van der Waals surface area contributed by atoms with Gasteiger partial charge in [0.2, 0.25) is 0 Å². The first-order valence-corrected chi connectivity index (χ1v) is 4.52. The van der Waals surface area contributed by atoms with E-state index in [2.05, 4.69) is 0 Å². The zero-order valence-electron chi connectivity index (χ0n) is 8.54. The van der Waals surface area contributed by atoms with E-state index in [0.29, 0.717) is 0 Å². The summed E-state index contributed by atoms with van der Waals surface area (Å²) in [4.78, 5) is 11.2. The van der Waals surface area contributed by atoms with Gasteiger partial charge in [0.05, 0.1) is 0 Å². The van der Waals surface area contributed by atoms with Crippen molar-refractivity contribution in [2.24, 2.45) is 5.73 Å². The maximum absolute atomic E-state index is 11.2. The Kier molecular flexibility index (Phi) is 4.95. The van der Waals surface area contributed by atoms with Gasteiger partial charge in [0.1, 0.15) is 11.6 Å². The van der Waals surface area contributed by atoms with Crippen molar-refractivity contribution in [3.05, 3.63) is 0 Å². The van der Waals surface area contributed by atoms with Gasteiger partial charge < -0.3 is 15.6 Å². The molecule has 0 radical (unpaired) electrons. The fourth-order valence-corrected chi connectivity index (χ4v) is 0.677. The molecule has 13 heavy (non-hydrogen) atoms. The van der Waals surface area contributed by atoms with Crippen LogP contribution in [0.2, 0.25) is 0 Å². The topological polar surface area (TPSA) is 72.5 Å². The van der Waals surface area contributed by atoms with Crippen LogP contribution in [0.3, 0.4) is 0 Å². The highest BCUT2D eigenvalue weighted by molar-refractivity contribution is 5.75. The second kappa shape index (κ2) is 5.19. The second-order valence-electron chi connectivity index (χ2n) is 3.65. The molecular weight excluding hydrogens is 170 g/mol. The minimum Gasteiger partial charge on any atom is -0.459 e. The Labute approximate surface area is 79.1 Å². The van der Waals surface area contributed by atoms with Gasteiger partial charge >= 0.3 is 5.97 Å². The number of aliphatic hydroxyl groups excluding tert-OH is 1. The average molecular weight is 189 g/mol. The normalized spacial score (nSPS) is 13.9. The van der Waals surface area contributed by atoms with Crippen LogP contribution < -0.4 is 5.73 Å². The second-order valence-corrected chi connectivity index (χ2v) is 3.65. The van der Waals surface area contributed by atoms with Crippen LogP contribution in [0.5, 0.6) is 0 Å². The molecule has 0 spiro atoms. The molecule has 0 aromatic rings. The van der Waals surface area contributed by atoms with Crippen LogP contribution in [0.15, 0.2) is 0 Å². The van der Waals surface area contributed by atoms with Crippen molar-refractivity contribution >= 4 is 5.97 Å². The van der Waals surface area contributed by atoms with E-state index in [4.69, 9.17) is 15.6 Å². The van der Waals surface area contributed by atoms with Crippen molar-refractivity contribution in [2.75, 3.05) is 6.61 Å². The summed E-state index contributed by atoms with van der Waals surface area (Å²) in [5.41, 5.74) is 4.99. The van der Waals surface area contributed by atoms with Gasteiger partial charge in [0.25, 0.3) is 0 Å². The minimum absolute atomic E-state index is 0.0944. The van der Waals surface area contributed by atoms with Crippen molar-refractivity contribution in [3.8, 4) is 0 Å². The molecule has 0 saturated carbocycles. The lowest BCUT2D eigenvalue weighted by Gasteiger charge is -2.25. The summed E-state index contributed by atoms with van der Waals surface area (Å²) in [7, 11) is 0. The van der Waals surface area contributed by atoms with E-state index < -0.39 is 17.6 Å². The van der Waals surface area contributed by atoms with Gasteiger partial charge in [-0.1, -0.05) is 6.92 Å². The molecule has 3 N–H and O–H groups in total. The molecule has 0 aliphatic carbocycles. The molecule has 0 aliphatic rings. The highest BCUT2D eigenvalue weighted by atomic mass is 16.6. The number of carbonyl (C=O) groups is 1. The number of hydrogen-bond donors (Lipinski definition) is 2. The van der Waals surface area contributed by atoms with Crippen molar-refractivity contribution in [1.29, 1.82) is 0 Å². The van der Waals surface area contributed by atoms with Crippen molar-refractivity contribution in [3.63, 3.8) is 0 Å². The Morgan fingerprint density at radius 2 is 2.15 bits per heavy atom. The summed E-state index contributed by atoms with van der Waals surface area (Å²) >= 11 is 0. The van der Waals surface area contributed by atoms with E-state index in [0.717, 1.165) is 6.42 Å². The minimum atomic E-state index is -0.712. The van der Waals surface area contributed by atoms with Crippen molar-refractivity contribution < 1.29 is 14.6 Å². The molecule has 0 fully saturated rings. The van der Waals surface area contributed by atoms with Gasteiger partial charge in [-0.15, -0.1) is 0 Å². The zero-order chi connectivity index (χ0) is 10.5. The van der Waals surface area contributed by atoms with Crippen molar-refractivity contribution in [1.82, 2.24) is 0 Å². The van der Waals surface area contributed by atoms with Crippen LogP contribution in [-0.2, 0) is 9.53 Å². The van der Waals surface area contributed by atoms with Gasteiger partial charge in [-0.2, -0.15) is 0 Å². The molecule has 4 nitrogen and oxygen atoms in total. The monoisotopic (exact) mass is 189 g/mol. The van der Waals surface area contributed by atoms with Crippen LogP contribution in [0.4, 0.5) is 0 Å². The molecule has 78 valence electrons. The van der Waals surface area contributed by atoms with Gasteiger partial charge in [-0.25, -0.2) is 0 Å². The molecule has 0 heterocycles. The third-order valence-electron chi connectivity index (χ3n) is 1.97. The number of nitrogens with two attached hydrogens (primary N) is 1. The standard InChI is InChI=1S/C9H19NO3/c1-4-9(2,3)13-8(12)7(10)5-6-11/h7,11H,4-6,10H2,1-3H3/t7-/m0/s1. The summed E-state index contributed by atoms with van der Waals surface area (Å²) < 4.78 is 5.13. The SMILES string of the molecule is CCC(C)(C)OC(=O)[C@@H](N)CCO. The zero-order valence-corrected chi connectivity index (χ0v) is 8.54. The largest absolute Gasteiger partial charge is 0.459 e. The van der Waals surface area contributed by atoms with Gasteiger partial charge in [0.15, 0.2) is 0 Å². The quantitative estimate of drug-likeness (QED) is 0.615. The van der Waals surface area contributed by atoms with Gasteiger partial charge in [-0.3, -0.25) is 4.79 Å². The third-order valence-corrected chi connectivity index (χ3v) is 1.97. The van der Waals surface area contributed by atoms with E-state index >= 15 is 0 Å². The van der Waals surface area contributed by atoms with Crippen LogP contribution in [0, 0.1) is 0 Å². The Hall–Kier alpha value is -0.610. The number of rotatable bonds is 5. The fourth-order valence-electron chi connectivity index (χ4n) is 0.677. The smallest absolute Gasteiger partial charge is 0.323 e.